The van der Waals surface area contributed by atoms with Crippen LogP contribution in [0.4, 0.5) is 10.5 Å². The van der Waals surface area contributed by atoms with Gasteiger partial charge in [0.15, 0.2) is 0 Å². The van der Waals surface area contributed by atoms with Crippen LogP contribution in [0.1, 0.15) is 17.2 Å². The lowest BCUT2D eigenvalue weighted by Gasteiger charge is -2.14. The lowest BCUT2D eigenvalue weighted by atomic mass is 10.1. The van der Waals surface area contributed by atoms with E-state index >= 15 is 0 Å². The normalized spacial score (nSPS) is 17.0. The highest BCUT2D eigenvalue weighted by molar-refractivity contribution is 6.04. The molecule has 2 aromatic carbocycles. The molecule has 3 amide bonds. The highest BCUT2D eigenvalue weighted by atomic mass is 16.5. The lowest BCUT2D eigenvalue weighted by molar-refractivity contribution is -0.127. The Labute approximate surface area is 140 Å². The van der Waals surface area contributed by atoms with Crippen molar-refractivity contribution in [3.05, 3.63) is 59.7 Å². The number of carbonyl (C=O) groups is 2. The van der Waals surface area contributed by atoms with Crippen molar-refractivity contribution < 1.29 is 14.3 Å². The summed E-state index contributed by atoms with van der Waals surface area (Å²) < 4.78 is 5.55. The van der Waals surface area contributed by atoms with E-state index in [1.165, 1.54) is 4.90 Å². The van der Waals surface area contributed by atoms with Gasteiger partial charge in [-0.05, 0) is 24.6 Å². The molecule has 6 nitrogen and oxygen atoms in total. The Morgan fingerprint density at radius 1 is 1.17 bits per heavy atom. The first kappa shape index (κ1) is 15.9. The maximum absolute atomic E-state index is 12.5. The average Bonchev–Trinajstić information content (AvgIpc) is 2.84. The van der Waals surface area contributed by atoms with Crippen LogP contribution in [-0.4, -0.2) is 30.0 Å². The number of hydrogen-bond acceptors (Lipinski definition) is 4. The van der Waals surface area contributed by atoms with Crippen LogP contribution >= 0.6 is 0 Å². The van der Waals surface area contributed by atoms with Crippen molar-refractivity contribution in [1.82, 2.24) is 10.2 Å². The van der Waals surface area contributed by atoms with Gasteiger partial charge in [-0.25, -0.2) is 4.79 Å². The fraction of sp³-hybridized carbons (Fsp3) is 0.222. The summed E-state index contributed by atoms with van der Waals surface area (Å²) in [5, 5.41) is 2.71. The zero-order valence-corrected chi connectivity index (χ0v) is 13.4. The molecule has 1 unspecified atom stereocenters. The van der Waals surface area contributed by atoms with Gasteiger partial charge in [0, 0.05) is 11.8 Å². The second-order valence-corrected chi connectivity index (χ2v) is 5.70. The highest BCUT2D eigenvalue weighted by Crippen LogP contribution is 2.22. The van der Waals surface area contributed by atoms with Gasteiger partial charge in [0.1, 0.15) is 18.4 Å². The first-order valence-corrected chi connectivity index (χ1v) is 7.71. The van der Waals surface area contributed by atoms with E-state index in [0.29, 0.717) is 11.4 Å². The van der Waals surface area contributed by atoms with Crippen LogP contribution in [0.15, 0.2) is 48.5 Å². The first-order chi connectivity index (χ1) is 11.5. The van der Waals surface area contributed by atoms with E-state index in [9.17, 15) is 9.59 Å². The second kappa shape index (κ2) is 6.62. The quantitative estimate of drug-likeness (QED) is 0.652. The Morgan fingerprint density at radius 3 is 2.62 bits per heavy atom. The number of carbonyl (C=O) groups excluding carboxylic acids is 2. The standard InChI is InChI=1S/C18H19N3O3/c1-12-5-7-13(8-6-12)16-17(22)21(18(23)20-16)9-10-24-15-4-2-3-14(19)11-15/h2-8,11,16H,9-10,19H2,1H3,(H,20,23). The van der Waals surface area contributed by atoms with Crippen molar-refractivity contribution in [2.75, 3.05) is 18.9 Å². The van der Waals surface area contributed by atoms with E-state index < -0.39 is 12.1 Å². The molecule has 1 aliphatic heterocycles. The van der Waals surface area contributed by atoms with Gasteiger partial charge in [-0.3, -0.25) is 9.69 Å². The summed E-state index contributed by atoms with van der Waals surface area (Å²) in [5.74, 6) is 0.345. The Hall–Kier alpha value is -3.02. The first-order valence-electron chi connectivity index (χ1n) is 7.71. The van der Waals surface area contributed by atoms with E-state index in [1.807, 2.05) is 31.2 Å². The van der Waals surface area contributed by atoms with Crippen molar-refractivity contribution in [3.8, 4) is 5.75 Å². The minimum atomic E-state index is -0.634. The van der Waals surface area contributed by atoms with Crippen molar-refractivity contribution in [1.29, 1.82) is 0 Å². The number of anilines is 1. The van der Waals surface area contributed by atoms with Crippen LogP contribution < -0.4 is 15.8 Å². The molecule has 1 atom stereocenters. The lowest BCUT2D eigenvalue weighted by Crippen LogP contribution is -2.34. The summed E-state index contributed by atoms with van der Waals surface area (Å²) in [7, 11) is 0. The molecule has 0 spiro atoms. The molecule has 1 heterocycles. The van der Waals surface area contributed by atoms with Gasteiger partial charge in [-0.15, -0.1) is 0 Å². The molecule has 0 aliphatic carbocycles. The number of nitrogen functional groups attached to an aromatic ring is 1. The van der Waals surface area contributed by atoms with Crippen LogP contribution in [0.2, 0.25) is 0 Å². The number of imide groups is 1. The van der Waals surface area contributed by atoms with Crippen LogP contribution in [0.25, 0.3) is 0 Å². The van der Waals surface area contributed by atoms with Crippen molar-refractivity contribution in [2.45, 2.75) is 13.0 Å². The maximum atomic E-state index is 12.5. The van der Waals surface area contributed by atoms with Crippen LogP contribution in [-0.2, 0) is 4.79 Å². The number of hydrogen-bond donors (Lipinski definition) is 2. The summed E-state index contributed by atoms with van der Waals surface area (Å²) in [6.07, 6.45) is 0. The number of rotatable bonds is 5. The van der Waals surface area contributed by atoms with Crippen molar-refractivity contribution in [3.63, 3.8) is 0 Å². The second-order valence-electron chi connectivity index (χ2n) is 5.70. The predicted octanol–water partition coefficient (Wildman–Crippen LogP) is 2.25. The molecule has 0 radical (unpaired) electrons. The predicted molar refractivity (Wildman–Crippen MR) is 90.5 cm³/mol. The number of nitrogens with zero attached hydrogens (tertiary/aromatic N) is 1. The number of nitrogens with two attached hydrogens (primary N) is 1. The molecular weight excluding hydrogens is 306 g/mol. The number of aryl methyl sites for hydroxylation is 1. The van der Waals surface area contributed by atoms with Gasteiger partial charge in [-0.2, -0.15) is 0 Å². The third-order valence-electron chi connectivity index (χ3n) is 3.88. The number of benzene rings is 2. The zero-order valence-electron chi connectivity index (χ0n) is 13.4. The van der Waals surface area contributed by atoms with Gasteiger partial charge < -0.3 is 15.8 Å². The minimum absolute atomic E-state index is 0.182. The summed E-state index contributed by atoms with van der Waals surface area (Å²) in [6.45, 7) is 2.36. The molecule has 1 fully saturated rings. The molecule has 0 bridgehead atoms. The fourth-order valence-electron chi connectivity index (χ4n) is 2.57. The topological polar surface area (TPSA) is 84.7 Å². The molecule has 3 N–H and O–H groups in total. The van der Waals surface area contributed by atoms with E-state index in [4.69, 9.17) is 10.5 Å². The molecule has 3 rings (SSSR count). The smallest absolute Gasteiger partial charge is 0.325 e. The van der Waals surface area contributed by atoms with E-state index in [2.05, 4.69) is 5.32 Å². The summed E-state index contributed by atoms with van der Waals surface area (Å²) >= 11 is 0. The maximum Gasteiger partial charge on any atom is 0.325 e. The molecule has 6 heteroatoms. The number of ether oxygens (including phenoxy) is 1. The molecule has 2 aromatic rings. The van der Waals surface area contributed by atoms with Gasteiger partial charge in [0.05, 0.1) is 6.54 Å². The van der Waals surface area contributed by atoms with Gasteiger partial charge in [0.25, 0.3) is 5.91 Å². The SMILES string of the molecule is Cc1ccc(C2NC(=O)N(CCOc3cccc(N)c3)C2=O)cc1. The molecule has 24 heavy (non-hydrogen) atoms. The monoisotopic (exact) mass is 325 g/mol. The largest absolute Gasteiger partial charge is 0.492 e. The van der Waals surface area contributed by atoms with Crippen LogP contribution in [0.5, 0.6) is 5.75 Å². The molecule has 0 aromatic heterocycles. The Kier molecular flexibility index (Phi) is 4.37. The Bertz CT molecular complexity index is 758. The van der Waals surface area contributed by atoms with Crippen LogP contribution in [0, 0.1) is 6.92 Å². The van der Waals surface area contributed by atoms with E-state index in [1.54, 1.807) is 24.3 Å². The average molecular weight is 325 g/mol. The van der Waals surface area contributed by atoms with Gasteiger partial charge in [-0.1, -0.05) is 35.9 Å². The summed E-state index contributed by atoms with van der Waals surface area (Å²) in [4.78, 5) is 25.7. The summed E-state index contributed by atoms with van der Waals surface area (Å²) in [6, 6.07) is 13.5. The third kappa shape index (κ3) is 3.32. The Morgan fingerprint density at radius 2 is 1.92 bits per heavy atom. The van der Waals surface area contributed by atoms with Gasteiger partial charge >= 0.3 is 6.03 Å². The highest BCUT2D eigenvalue weighted by Gasteiger charge is 2.38. The van der Waals surface area contributed by atoms with E-state index in [-0.39, 0.29) is 19.1 Å². The number of urea groups is 1. The molecular formula is C18H19N3O3. The third-order valence-corrected chi connectivity index (χ3v) is 3.88. The minimum Gasteiger partial charge on any atom is -0.492 e. The molecule has 1 aliphatic rings. The molecule has 0 saturated carbocycles. The number of nitrogens with one attached hydrogen (secondary N) is 1. The Balaban J connectivity index is 1.61. The van der Waals surface area contributed by atoms with E-state index in [0.717, 1.165) is 11.1 Å². The fourth-order valence-corrected chi connectivity index (χ4v) is 2.57. The summed E-state index contributed by atoms with van der Waals surface area (Å²) in [5.41, 5.74) is 8.16. The van der Waals surface area contributed by atoms with Crippen molar-refractivity contribution in [2.24, 2.45) is 0 Å². The molecule has 124 valence electrons. The van der Waals surface area contributed by atoms with Gasteiger partial charge in [0.2, 0.25) is 0 Å². The van der Waals surface area contributed by atoms with Crippen molar-refractivity contribution >= 4 is 17.6 Å². The van der Waals surface area contributed by atoms with Crippen LogP contribution in [0.3, 0.4) is 0 Å². The zero-order chi connectivity index (χ0) is 17.1. The molecule has 1 saturated heterocycles. The number of amides is 3.